The molecule has 0 bridgehead atoms. The minimum absolute atomic E-state index is 0.150. The van der Waals surface area contributed by atoms with Crippen LogP contribution in [-0.2, 0) is 9.59 Å². The molecule has 0 saturated heterocycles. The van der Waals surface area contributed by atoms with Crippen LogP contribution in [-0.4, -0.2) is 21.8 Å². The average Bonchev–Trinajstić information content (AvgIpc) is 2.89. The van der Waals surface area contributed by atoms with Crippen molar-refractivity contribution in [1.82, 2.24) is 0 Å². The Hall–Kier alpha value is -1.58. The highest BCUT2D eigenvalue weighted by Crippen LogP contribution is 2.66. The molecule has 6 atom stereocenters. The Morgan fingerprint density at radius 1 is 1.08 bits per heavy atom. The third-order valence-electron chi connectivity index (χ3n) is 8.60. The molecule has 0 aromatic rings. The molecule has 3 saturated carbocycles. The van der Waals surface area contributed by atoms with Crippen molar-refractivity contribution in [2.45, 2.75) is 59.3 Å². The first kappa shape index (κ1) is 16.9. The van der Waals surface area contributed by atoms with Gasteiger partial charge in [-0.1, -0.05) is 13.8 Å². The molecular weight excluding hydrogens is 316 g/mol. The van der Waals surface area contributed by atoms with Gasteiger partial charge in [-0.05, 0) is 80.1 Å². The summed E-state index contributed by atoms with van der Waals surface area (Å²) in [5.41, 5.74) is -0.131. The topological polar surface area (TPSA) is 74.6 Å². The van der Waals surface area contributed by atoms with Crippen LogP contribution in [0.5, 0.6) is 0 Å². The molecule has 0 aliphatic heterocycles. The maximum absolute atomic E-state index is 13.2. The summed E-state index contributed by atoms with van der Waals surface area (Å²) < 4.78 is 0. The first-order valence-electron chi connectivity index (χ1n) is 9.63. The lowest BCUT2D eigenvalue weighted by Crippen LogP contribution is -2.55. The fraction of sp³-hybridized carbons (Fsp3) is 0.714. The standard InChI is InChI=1S/C21H28O4/c1-11-4-6-14-12-5-7-16-18(24)17(23)13(10-22)19(25)21(16,3)15(12)8-9-20(11,14)2/h10-12,14-15,22,24H,4-9H2,1-3H3/t11?,12-,14-,15-,20+,21+/m0/s1. The van der Waals surface area contributed by atoms with Gasteiger partial charge in [0.2, 0.25) is 5.78 Å². The lowest BCUT2D eigenvalue weighted by Gasteiger charge is -2.57. The number of Topliss-reactive ketones (excluding diaryl/α,β-unsaturated/α-hetero) is 2. The minimum Gasteiger partial charge on any atom is -0.515 e. The molecular formula is C21H28O4. The first-order chi connectivity index (χ1) is 11.8. The van der Waals surface area contributed by atoms with Crippen LogP contribution in [0.2, 0.25) is 0 Å². The van der Waals surface area contributed by atoms with Gasteiger partial charge in [0.1, 0.15) is 5.57 Å². The Bertz CT molecular complexity index is 717. The summed E-state index contributed by atoms with van der Waals surface area (Å²) in [5.74, 6) is 0.640. The second-order valence-electron chi connectivity index (χ2n) is 9.17. The summed E-state index contributed by atoms with van der Waals surface area (Å²) in [6.07, 6.45) is 6.68. The van der Waals surface area contributed by atoms with Gasteiger partial charge in [-0.25, -0.2) is 0 Å². The van der Waals surface area contributed by atoms with E-state index in [4.69, 9.17) is 0 Å². The number of aliphatic hydroxyl groups excluding tert-OH is 2. The number of carbonyl (C=O) groups excluding carboxylic acids is 2. The molecule has 136 valence electrons. The Labute approximate surface area is 149 Å². The Morgan fingerprint density at radius 2 is 1.80 bits per heavy atom. The van der Waals surface area contributed by atoms with Crippen molar-refractivity contribution in [3.8, 4) is 0 Å². The molecule has 0 spiro atoms. The molecule has 0 radical (unpaired) electrons. The van der Waals surface area contributed by atoms with Gasteiger partial charge in [-0.3, -0.25) is 9.59 Å². The molecule has 4 nitrogen and oxygen atoms in total. The number of rotatable bonds is 0. The second-order valence-corrected chi connectivity index (χ2v) is 9.17. The fourth-order valence-corrected chi connectivity index (χ4v) is 6.90. The van der Waals surface area contributed by atoms with E-state index in [2.05, 4.69) is 13.8 Å². The van der Waals surface area contributed by atoms with Crippen LogP contribution in [0.15, 0.2) is 23.2 Å². The molecule has 4 aliphatic rings. The molecule has 4 rings (SSSR count). The van der Waals surface area contributed by atoms with Crippen LogP contribution in [0.4, 0.5) is 0 Å². The summed E-state index contributed by atoms with van der Waals surface area (Å²) >= 11 is 0. The molecule has 4 heteroatoms. The second kappa shape index (κ2) is 5.21. The van der Waals surface area contributed by atoms with Crippen LogP contribution in [0.25, 0.3) is 0 Å². The van der Waals surface area contributed by atoms with Gasteiger partial charge < -0.3 is 10.2 Å². The highest BCUT2D eigenvalue weighted by Gasteiger charge is 2.62. The van der Waals surface area contributed by atoms with Crippen molar-refractivity contribution in [3.63, 3.8) is 0 Å². The molecule has 4 aliphatic carbocycles. The molecule has 25 heavy (non-hydrogen) atoms. The van der Waals surface area contributed by atoms with Crippen molar-refractivity contribution >= 4 is 11.6 Å². The van der Waals surface area contributed by atoms with Crippen molar-refractivity contribution in [1.29, 1.82) is 0 Å². The molecule has 0 aromatic carbocycles. The highest BCUT2D eigenvalue weighted by molar-refractivity contribution is 6.30. The molecule has 1 unspecified atom stereocenters. The summed E-state index contributed by atoms with van der Waals surface area (Å²) in [7, 11) is 0. The zero-order chi connectivity index (χ0) is 18.1. The van der Waals surface area contributed by atoms with Crippen LogP contribution < -0.4 is 0 Å². The monoisotopic (exact) mass is 344 g/mol. The molecule has 0 heterocycles. The van der Waals surface area contributed by atoms with E-state index >= 15 is 0 Å². The maximum atomic E-state index is 13.2. The van der Waals surface area contributed by atoms with Crippen molar-refractivity contribution in [3.05, 3.63) is 23.2 Å². The number of allylic oxidation sites excluding steroid dienone is 1. The predicted octanol–water partition coefficient (Wildman–Crippen LogP) is 4.27. The van der Waals surface area contributed by atoms with Crippen LogP contribution in [0, 0.1) is 34.5 Å². The van der Waals surface area contributed by atoms with Crippen molar-refractivity contribution in [2.75, 3.05) is 0 Å². The van der Waals surface area contributed by atoms with E-state index in [1.807, 2.05) is 6.92 Å². The number of ketones is 2. The van der Waals surface area contributed by atoms with Gasteiger partial charge in [0.25, 0.3) is 0 Å². The van der Waals surface area contributed by atoms with Gasteiger partial charge >= 0.3 is 0 Å². The molecule has 0 amide bonds. The SMILES string of the molecule is CC1CC[C@H]2[C@@H]3CCC4=C(O)C(=O)C(=CO)C(=O)[C@]4(C)[C@H]3CC[C@]12C. The first-order valence-corrected chi connectivity index (χ1v) is 9.63. The van der Waals surface area contributed by atoms with Gasteiger partial charge in [0.15, 0.2) is 11.5 Å². The molecule has 0 aromatic heterocycles. The highest BCUT2D eigenvalue weighted by atomic mass is 16.3. The number of hydrogen-bond acceptors (Lipinski definition) is 4. The van der Waals surface area contributed by atoms with Crippen molar-refractivity contribution < 1.29 is 19.8 Å². The summed E-state index contributed by atoms with van der Waals surface area (Å²) in [6, 6.07) is 0. The average molecular weight is 344 g/mol. The zero-order valence-electron chi connectivity index (χ0n) is 15.3. The summed E-state index contributed by atoms with van der Waals surface area (Å²) in [5, 5.41) is 19.9. The van der Waals surface area contributed by atoms with Gasteiger partial charge in [0.05, 0.1) is 11.7 Å². The number of fused-ring (bicyclic) bond motifs is 5. The van der Waals surface area contributed by atoms with Crippen LogP contribution in [0.3, 0.4) is 0 Å². The number of aliphatic hydroxyl groups is 2. The Kier molecular flexibility index (Phi) is 3.52. The molecule has 3 fully saturated rings. The van der Waals surface area contributed by atoms with E-state index < -0.39 is 11.2 Å². The quantitative estimate of drug-likeness (QED) is 0.391. The third kappa shape index (κ3) is 1.89. The van der Waals surface area contributed by atoms with Gasteiger partial charge in [-0.15, -0.1) is 0 Å². The van der Waals surface area contributed by atoms with Crippen LogP contribution >= 0.6 is 0 Å². The smallest absolute Gasteiger partial charge is 0.233 e. The van der Waals surface area contributed by atoms with E-state index in [1.54, 1.807) is 0 Å². The predicted molar refractivity (Wildman–Crippen MR) is 93.9 cm³/mol. The Morgan fingerprint density at radius 3 is 2.48 bits per heavy atom. The number of hydrogen-bond donors (Lipinski definition) is 2. The normalized spacial score (nSPS) is 48.4. The lowest BCUT2D eigenvalue weighted by atomic mass is 9.46. The maximum Gasteiger partial charge on any atom is 0.233 e. The minimum atomic E-state index is -0.845. The largest absolute Gasteiger partial charge is 0.515 e. The van der Waals surface area contributed by atoms with E-state index in [-0.39, 0.29) is 23.0 Å². The molecule has 2 N–H and O–H groups in total. The van der Waals surface area contributed by atoms with E-state index in [0.29, 0.717) is 41.4 Å². The van der Waals surface area contributed by atoms with Crippen molar-refractivity contribution in [2.24, 2.45) is 34.5 Å². The number of carbonyl (C=O) groups is 2. The summed E-state index contributed by atoms with van der Waals surface area (Å²) in [4.78, 5) is 25.4. The van der Waals surface area contributed by atoms with Gasteiger partial charge in [0, 0.05) is 0 Å². The fourth-order valence-electron chi connectivity index (χ4n) is 6.90. The summed E-state index contributed by atoms with van der Waals surface area (Å²) in [6.45, 7) is 6.68. The van der Waals surface area contributed by atoms with E-state index in [1.165, 1.54) is 12.8 Å². The lowest BCUT2D eigenvalue weighted by molar-refractivity contribution is -0.136. The zero-order valence-corrected chi connectivity index (χ0v) is 15.3. The third-order valence-corrected chi connectivity index (χ3v) is 8.60. The van der Waals surface area contributed by atoms with Crippen LogP contribution in [0.1, 0.15) is 59.3 Å². The Balaban J connectivity index is 1.81. The van der Waals surface area contributed by atoms with Gasteiger partial charge in [-0.2, -0.15) is 0 Å². The van der Waals surface area contributed by atoms with E-state index in [9.17, 15) is 19.8 Å². The van der Waals surface area contributed by atoms with E-state index in [0.717, 1.165) is 19.3 Å².